The number of hydrogen-bond acceptors (Lipinski definition) is 2. The number of benzene rings is 1. The van der Waals surface area contributed by atoms with E-state index in [0.717, 1.165) is 18.5 Å². The second kappa shape index (κ2) is 7.17. The van der Waals surface area contributed by atoms with Crippen molar-refractivity contribution in [3.05, 3.63) is 35.9 Å². The molecule has 0 saturated heterocycles. The molecule has 0 aromatic heterocycles. The van der Waals surface area contributed by atoms with Crippen LogP contribution in [0.3, 0.4) is 0 Å². The molecule has 0 heterocycles. The molecule has 1 amide bonds. The second-order valence-corrected chi connectivity index (χ2v) is 4.68. The Balaban J connectivity index is 2.65. The molecule has 0 aliphatic carbocycles. The zero-order valence-electron chi connectivity index (χ0n) is 11.6. The number of likely N-dealkylation sites (N-methyl/N-ethyl adjacent to an activating group) is 1. The van der Waals surface area contributed by atoms with Gasteiger partial charge in [0.2, 0.25) is 5.91 Å². The molecule has 2 unspecified atom stereocenters. The topological polar surface area (TPSA) is 46.3 Å². The van der Waals surface area contributed by atoms with E-state index in [1.54, 1.807) is 0 Å². The predicted octanol–water partition coefficient (Wildman–Crippen LogP) is 2.20. The molecule has 2 N–H and O–H groups in total. The van der Waals surface area contributed by atoms with Gasteiger partial charge in [0.05, 0.1) is 6.04 Å². The van der Waals surface area contributed by atoms with Crippen LogP contribution in [0.2, 0.25) is 0 Å². The monoisotopic (exact) mass is 248 g/mol. The number of nitrogens with two attached hydrogens (primary N) is 1. The molecule has 18 heavy (non-hydrogen) atoms. The molecule has 1 rings (SSSR count). The van der Waals surface area contributed by atoms with Crippen LogP contribution in [0, 0.1) is 0 Å². The van der Waals surface area contributed by atoms with Gasteiger partial charge in [-0.05, 0) is 32.3 Å². The molecule has 0 fully saturated rings. The van der Waals surface area contributed by atoms with Crippen LogP contribution in [0.5, 0.6) is 0 Å². The van der Waals surface area contributed by atoms with E-state index in [0.29, 0.717) is 6.42 Å². The van der Waals surface area contributed by atoms with Crippen LogP contribution >= 0.6 is 0 Å². The summed E-state index contributed by atoms with van der Waals surface area (Å²) in [5.74, 6) is 0.0516. The van der Waals surface area contributed by atoms with Gasteiger partial charge in [-0.1, -0.05) is 37.3 Å². The smallest absolute Gasteiger partial charge is 0.240 e. The van der Waals surface area contributed by atoms with Gasteiger partial charge in [-0.25, -0.2) is 0 Å². The Morgan fingerprint density at radius 3 is 2.39 bits per heavy atom. The molecular formula is C15H24N2O. The minimum absolute atomic E-state index is 0.0516. The van der Waals surface area contributed by atoms with Gasteiger partial charge < -0.3 is 10.6 Å². The number of amides is 1. The lowest BCUT2D eigenvalue weighted by Crippen LogP contribution is -2.48. The Kier molecular flexibility index (Phi) is 5.86. The van der Waals surface area contributed by atoms with E-state index >= 15 is 0 Å². The molecule has 100 valence electrons. The first-order valence-electron chi connectivity index (χ1n) is 6.70. The van der Waals surface area contributed by atoms with Crippen LogP contribution in [0.1, 0.15) is 32.8 Å². The summed E-state index contributed by atoms with van der Waals surface area (Å²) in [6.45, 7) is 6.87. The highest BCUT2D eigenvalue weighted by Gasteiger charge is 2.23. The Labute approximate surface area is 110 Å². The minimum atomic E-state index is -0.443. The van der Waals surface area contributed by atoms with E-state index in [-0.39, 0.29) is 11.9 Å². The van der Waals surface area contributed by atoms with E-state index in [4.69, 9.17) is 5.73 Å². The fraction of sp³-hybridized carbons (Fsp3) is 0.533. The summed E-state index contributed by atoms with van der Waals surface area (Å²) in [7, 11) is 0. The van der Waals surface area contributed by atoms with Crippen molar-refractivity contribution in [2.75, 3.05) is 6.54 Å². The first kappa shape index (κ1) is 14.7. The van der Waals surface area contributed by atoms with Gasteiger partial charge >= 0.3 is 0 Å². The van der Waals surface area contributed by atoms with Crippen LogP contribution in [-0.4, -0.2) is 29.4 Å². The van der Waals surface area contributed by atoms with Gasteiger partial charge in [-0.3, -0.25) is 4.79 Å². The van der Waals surface area contributed by atoms with E-state index in [2.05, 4.69) is 13.8 Å². The highest BCUT2D eigenvalue weighted by molar-refractivity contribution is 5.82. The predicted molar refractivity (Wildman–Crippen MR) is 75.3 cm³/mol. The summed E-state index contributed by atoms with van der Waals surface area (Å²) in [6.07, 6.45) is 1.56. The fourth-order valence-corrected chi connectivity index (χ4v) is 2.07. The van der Waals surface area contributed by atoms with Crippen molar-refractivity contribution >= 4 is 5.91 Å². The van der Waals surface area contributed by atoms with Crippen molar-refractivity contribution < 1.29 is 4.79 Å². The Bertz CT molecular complexity index is 364. The van der Waals surface area contributed by atoms with Gasteiger partial charge in [0.15, 0.2) is 0 Å². The Hall–Kier alpha value is -1.35. The Morgan fingerprint density at radius 2 is 1.89 bits per heavy atom. The molecule has 0 bridgehead atoms. The third kappa shape index (κ3) is 3.84. The van der Waals surface area contributed by atoms with Crippen molar-refractivity contribution in [1.29, 1.82) is 0 Å². The third-order valence-electron chi connectivity index (χ3n) is 3.36. The normalized spacial score (nSPS) is 14.0. The van der Waals surface area contributed by atoms with Gasteiger partial charge in [-0.15, -0.1) is 0 Å². The van der Waals surface area contributed by atoms with Crippen molar-refractivity contribution in [2.45, 2.75) is 45.7 Å². The summed E-state index contributed by atoms with van der Waals surface area (Å²) in [4.78, 5) is 14.1. The zero-order chi connectivity index (χ0) is 13.5. The number of nitrogens with zero attached hydrogens (tertiary/aromatic N) is 1. The highest BCUT2D eigenvalue weighted by atomic mass is 16.2. The fourth-order valence-electron chi connectivity index (χ4n) is 2.07. The maximum atomic E-state index is 12.3. The van der Waals surface area contributed by atoms with Crippen molar-refractivity contribution in [3.8, 4) is 0 Å². The summed E-state index contributed by atoms with van der Waals surface area (Å²) < 4.78 is 0. The first-order valence-corrected chi connectivity index (χ1v) is 6.70. The quantitative estimate of drug-likeness (QED) is 0.839. The van der Waals surface area contributed by atoms with Crippen molar-refractivity contribution in [2.24, 2.45) is 5.73 Å². The van der Waals surface area contributed by atoms with Gasteiger partial charge in [0.1, 0.15) is 0 Å². The second-order valence-electron chi connectivity index (χ2n) is 4.68. The molecule has 2 atom stereocenters. The van der Waals surface area contributed by atoms with E-state index in [1.165, 1.54) is 0 Å². The summed E-state index contributed by atoms with van der Waals surface area (Å²) >= 11 is 0. The standard InChI is InChI=1S/C15H24N2O/c1-4-12(3)17(5-2)15(18)14(16)11-13-9-7-6-8-10-13/h6-10,12,14H,4-5,11,16H2,1-3H3. The van der Waals surface area contributed by atoms with Crippen LogP contribution in [0.15, 0.2) is 30.3 Å². The molecule has 0 spiro atoms. The first-order chi connectivity index (χ1) is 8.60. The van der Waals surface area contributed by atoms with Crippen LogP contribution in [0.25, 0.3) is 0 Å². The number of rotatable bonds is 6. The van der Waals surface area contributed by atoms with Crippen molar-refractivity contribution in [1.82, 2.24) is 4.90 Å². The van der Waals surface area contributed by atoms with Gasteiger partial charge in [0, 0.05) is 12.6 Å². The zero-order valence-corrected chi connectivity index (χ0v) is 11.6. The van der Waals surface area contributed by atoms with E-state index < -0.39 is 6.04 Å². The number of carbonyl (C=O) groups is 1. The summed E-state index contributed by atoms with van der Waals surface area (Å²) in [5.41, 5.74) is 7.14. The molecule has 1 aromatic rings. The molecule has 3 nitrogen and oxygen atoms in total. The van der Waals surface area contributed by atoms with E-state index in [9.17, 15) is 4.79 Å². The van der Waals surface area contributed by atoms with Gasteiger partial charge in [0.25, 0.3) is 0 Å². The van der Waals surface area contributed by atoms with Crippen LogP contribution < -0.4 is 5.73 Å². The SMILES string of the molecule is CCC(C)N(CC)C(=O)C(N)Cc1ccccc1. The maximum Gasteiger partial charge on any atom is 0.240 e. The van der Waals surface area contributed by atoms with E-state index in [1.807, 2.05) is 42.2 Å². The highest BCUT2D eigenvalue weighted by Crippen LogP contribution is 2.08. The third-order valence-corrected chi connectivity index (χ3v) is 3.36. The van der Waals surface area contributed by atoms with Crippen LogP contribution in [-0.2, 0) is 11.2 Å². The lowest BCUT2D eigenvalue weighted by atomic mass is 10.0. The molecule has 0 radical (unpaired) electrons. The van der Waals surface area contributed by atoms with Crippen LogP contribution in [0.4, 0.5) is 0 Å². The minimum Gasteiger partial charge on any atom is -0.339 e. The van der Waals surface area contributed by atoms with Gasteiger partial charge in [-0.2, -0.15) is 0 Å². The molecule has 3 heteroatoms. The average Bonchev–Trinajstić information content (AvgIpc) is 2.40. The lowest BCUT2D eigenvalue weighted by molar-refractivity contribution is -0.134. The molecule has 1 aromatic carbocycles. The number of hydrogen-bond donors (Lipinski definition) is 1. The molecular weight excluding hydrogens is 224 g/mol. The van der Waals surface area contributed by atoms with Crippen molar-refractivity contribution in [3.63, 3.8) is 0 Å². The average molecular weight is 248 g/mol. The molecule has 0 aliphatic heterocycles. The summed E-state index contributed by atoms with van der Waals surface area (Å²) in [5, 5.41) is 0. The Morgan fingerprint density at radius 1 is 1.28 bits per heavy atom. The number of carbonyl (C=O) groups excluding carboxylic acids is 1. The summed E-state index contributed by atoms with van der Waals surface area (Å²) in [6, 6.07) is 9.73. The maximum absolute atomic E-state index is 12.3. The lowest BCUT2D eigenvalue weighted by Gasteiger charge is -2.29. The molecule has 0 aliphatic rings. The largest absolute Gasteiger partial charge is 0.339 e. The molecule has 0 saturated carbocycles.